The standard InChI is InChI=1S/C24H42O4S.Na/c1-5-7-8-9-10-11-12-13-15-18-22(4)24(21(3)6-2)27-28-29(25,26)23-19-16-14-17-20-23;/h14,16-17,19-22,24H,5-13,15,18H2,1-4H3;. The molecule has 0 aromatic heterocycles. The Morgan fingerprint density at radius 1 is 0.800 bits per heavy atom. The van der Waals surface area contributed by atoms with Gasteiger partial charge in [0.1, 0.15) is 0 Å². The summed E-state index contributed by atoms with van der Waals surface area (Å²) >= 11 is 0. The third-order valence-electron chi connectivity index (χ3n) is 5.80. The average molecular weight is 450 g/mol. The summed E-state index contributed by atoms with van der Waals surface area (Å²) in [6.07, 6.45) is 13.4. The molecule has 1 aromatic carbocycles. The molecule has 30 heavy (non-hydrogen) atoms. The maximum atomic E-state index is 12.3. The van der Waals surface area contributed by atoms with Crippen LogP contribution in [0.3, 0.4) is 0 Å². The second-order valence-corrected chi connectivity index (χ2v) is 9.89. The van der Waals surface area contributed by atoms with Crippen molar-refractivity contribution in [2.75, 3.05) is 0 Å². The molecular formula is C24H42NaO4S. The van der Waals surface area contributed by atoms with E-state index in [9.17, 15) is 8.42 Å². The fourth-order valence-corrected chi connectivity index (χ4v) is 4.41. The molecule has 4 nitrogen and oxygen atoms in total. The first-order valence-electron chi connectivity index (χ1n) is 11.6. The molecule has 0 heterocycles. The Morgan fingerprint density at radius 2 is 1.33 bits per heavy atom. The number of rotatable bonds is 17. The van der Waals surface area contributed by atoms with E-state index in [2.05, 4.69) is 27.7 Å². The van der Waals surface area contributed by atoms with E-state index in [4.69, 9.17) is 9.22 Å². The summed E-state index contributed by atoms with van der Waals surface area (Å²) in [5, 5.41) is 0. The van der Waals surface area contributed by atoms with Gasteiger partial charge in [0, 0.05) is 29.6 Å². The Kier molecular flexibility index (Phi) is 17.7. The molecule has 6 heteroatoms. The van der Waals surface area contributed by atoms with E-state index in [-0.39, 0.29) is 52.4 Å². The van der Waals surface area contributed by atoms with E-state index >= 15 is 0 Å². The van der Waals surface area contributed by atoms with Gasteiger partial charge in [-0.1, -0.05) is 110 Å². The van der Waals surface area contributed by atoms with Gasteiger partial charge in [0.25, 0.3) is 0 Å². The maximum Gasteiger partial charge on any atom is 0.323 e. The van der Waals surface area contributed by atoms with Crippen LogP contribution in [-0.4, -0.2) is 44.1 Å². The predicted molar refractivity (Wildman–Crippen MR) is 126 cm³/mol. The van der Waals surface area contributed by atoms with Crippen molar-refractivity contribution < 1.29 is 17.6 Å². The summed E-state index contributed by atoms with van der Waals surface area (Å²) in [4.78, 5) is 5.64. The van der Waals surface area contributed by atoms with E-state index in [1.165, 1.54) is 63.5 Å². The summed E-state index contributed by atoms with van der Waals surface area (Å²) in [7, 11) is -3.90. The van der Waals surface area contributed by atoms with Gasteiger partial charge in [-0.2, -0.15) is 8.42 Å². The van der Waals surface area contributed by atoms with E-state index in [1.807, 2.05) is 0 Å². The first-order chi connectivity index (χ1) is 13.9. The number of unbranched alkanes of at least 4 members (excludes halogenated alkanes) is 8. The molecule has 0 aliphatic carbocycles. The van der Waals surface area contributed by atoms with Crippen LogP contribution in [-0.2, 0) is 19.3 Å². The van der Waals surface area contributed by atoms with Crippen molar-refractivity contribution in [1.82, 2.24) is 0 Å². The fraction of sp³-hybridized carbons (Fsp3) is 0.750. The molecule has 0 saturated carbocycles. The SMILES string of the molecule is CCCCCCCCCCCC(C)C(OOS(=O)(=O)c1ccccc1)C(C)CC.[Na]. The maximum absolute atomic E-state index is 12.3. The molecule has 1 rings (SSSR count). The van der Waals surface area contributed by atoms with Crippen molar-refractivity contribution in [1.29, 1.82) is 0 Å². The van der Waals surface area contributed by atoms with Gasteiger partial charge in [-0.15, -0.1) is 4.33 Å². The number of benzene rings is 1. The molecule has 0 saturated heterocycles. The fourth-order valence-electron chi connectivity index (χ4n) is 3.65. The first-order valence-corrected chi connectivity index (χ1v) is 13.0. The molecule has 0 amide bonds. The average Bonchev–Trinajstić information content (AvgIpc) is 2.73. The van der Waals surface area contributed by atoms with Gasteiger partial charge in [0.05, 0.1) is 11.0 Å². The van der Waals surface area contributed by atoms with Gasteiger partial charge in [-0.05, 0) is 30.4 Å². The van der Waals surface area contributed by atoms with Gasteiger partial charge in [-0.3, -0.25) is 0 Å². The van der Waals surface area contributed by atoms with Crippen LogP contribution in [0.4, 0.5) is 0 Å². The van der Waals surface area contributed by atoms with E-state index in [1.54, 1.807) is 18.2 Å². The Labute approximate surface area is 207 Å². The second-order valence-electron chi connectivity index (χ2n) is 8.38. The smallest absolute Gasteiger partial charge is 0.216 e. The van der Waals surface area contributed by atoms with Crippen molar-refractivity contribution in [2.24, 2.45) is 11.8 Å². The molecule has 3 unspecified atom stereocenters. The van der Waals surface area contributed by atoms with Crippen molar-refractivity contribution in [3.8, 4) is 0 Å². The molecule has 0 aliphatic heterocycles. The zero-order valence-electron chi connectivity index (χ0n) is 19.9. The monoisotopic (exact) mass is 449 g/mol. The zero-order valence-corrected chi connectivity index (χ0v) is 22.8. The van der Waals surface area contributed by atoms with Gasteiger partial charge in [0.2, 0.25) is 0 Å². The molecule has 0 N–H and O–H groups in total. The van der Waals surface area contributed by atoms with Crippen molar-refractivity contribution in [2.45, 2.75) is 109 Å². The van der Waals surface area contributed by atoms with Crippen LogP contribution in [0.5, 0.6) is 0 Å². The summed E-state index contributed by atoms with van der Waals surface area (Å²) in [6, 6.07) is 8.16. The second kappa shape index (κ2) is 17.6. The summed E-state index contributed by atoms with van der Waals surface area (Å²) in [5.74, 6) is 0.481. The molecule has 169 valence electrons. The minimum Gasteiger partial charge on any atom is -0.216 e. The van der Waals surface area contributed by atoms with Crippen molar-refractivity contribution in [3.05, 3.63) is 30.3 Å². The Hall–Kier alpha value is 0.0900. The molecule has 0 fully saturated rings. The van der Waals surface area contributed by atoms with Crippen LogP contribution in [0.1, 0.15) is 98.3 Å². The third-order valence-corrected chi connectivity index (χ3v) is 6.91. The van der Waals surface area contributed by atoms with E-state index in [0.717, 1.165) is 19.3 Å². The van der Waals surface area contributed by atoms with Crippen molar-refractivity contribution in [3.63, 3.8) is 0 Å². The molecule has 1 radical (unpaired) electrons. The van der Waals surface area contributed by atoms with Crippen LogP contribution in [0.2, 0.25) is 0 Å². The van der Waals surface area contributed by atoms with Gasteiger partial charge >= 0.3 is 10.1 Å². The van der Waals surface area contributed by atoms with E-state index < -0.39 is 10.1 Å². The zero-order chi connectivity index (χ0) is 21.5. The van der Waals surface area contributed by atoms with E-state index in [0.29, 0.717) is 0 Å². The largest absolute Gasteiger partial charge is 0.323 e. The van der Waals surface area contributed by atoms with Gasteiger partial charge < -0.3 is 0 Å². The van der Waals surface area contributed by atoms with Crippen LogP contribution in [0, 0.1) is 11.8 Å². The molecule has 3 atom stereocenters. The Balaban J connectivity index is 0.00000841. The summed E-state index contributed by atoms with van der Waals surface area (Å²) in [5.41, 5.74) is 0. The van der Waals surface area contributed by atoms with Crippen LogP contribution in [0.25, 0.3) is 0 Å². The Bertz CT molecular complexity index is 621. The Morgan fingerprint density at radius 3 is 1.87 bits per heavy atom. The minimum atomic E-state index is -3.90. The summed E-state index contributed by atoms with van der Waals surface area (Å²) < 4.78 is 29.7. The quantitative estimate of drug-likeness (QED) is 0.112. The molecule has 1 aromatic rings. The van der Waals surface area contributed by atoms with Crippen molar-refractivity contribution >= 4 is 39.7 Å². The topological polar surface area (TPSA) is 52.6 Å². The predicted octanol–water partition coefficient (Wildman–Crippen LogP) is 6.91. The number of hydrogen-bond donors (Lipinski definition) is 0. The number of hydrogen-bond acceptors (Lipinski definition) is 4. The van der Waals surface area contributed by atoms with Crippen LogP contribution in [0.15, 0.2) is 35.2 Å². The molecule has 0 aliphatic rings. The molecule has 0 bridgehead atoms. The third kappa shape index (κ3) is 12.2. The summed E-state index contributed by atoms with van der Waals surface area (Å²) in [6.45, 7) is 8.58. The molecular weight excluding hydrogens is 407 g/mol. The van der Waals surface area contributed by atoms with Crippen LogP contribution < -0.4 is 0 Å². The van der Waals surface area contributed by atoms with Gasteiger partial charge in [0.15, 0.2) is 0 Å². The normalized spacial score (nSPS) is 14.7. The van der Waals surface area contributed by atoms with Crippen LogP contribution >= 0.6 is 0 Å². The first kappa shape index (κ1) is 30.1. The van der Waals surface area contributed by atoms with Gasteiger partial charge in [-0.25, -0.2) is 4.89 Å². The minimum absolute atomic E-state index is 0. The molecule has 0 spiro atoms.